The number of benzene rings is 1. The molecule has 1 fully saturated rings. The summed E-state index contributed by atoms with van der Waals surface area (Å²) >= 11 is 0. The predicted octanol–water partition coefficient (Wildman–Crippen LogP) is 2.48. The lowest BCUT2D eigenvalue weighted by Crippen LogP contribution is -2.38. The number of aliphatic imine (C=N–C) groups is 1. The Balaban J connectivity index is 0.00000312. The van der Waals surface area contributed by atoms with Crippen molar-refractivity contribution in [2.75, 3.05) is 40.0 Å². The molecular formula is C18H30IN3O3. The van der Waals surface area contributed by atoms with Gasteiger partial charge < -0.3 is 24.8 Å². The first kappa shape index (κ1) is 22.0. The molecule has 7 heteroatoms. The lowest BCUT2D eigenvalue weighted by molar-refractivity contribution is 0.140. The van der Waals surface area contributed by atoms with Gasteiger partial charge in [-0.25, -0.2) is 4.99 Å². The zero-order valence-electron chi connectivity index (χ0n) is 15.3. The summed E-state index contributed by atoms with van der Waals surface area (Å²) in [5, 5.41) is 6.49. The van der Waals surface area contributed by atoms with Crippen molar-refractivity contribution in [1.82, 2.24) is 10.6 Å². The molecule has 0 aromatic heterocycles. The number of ether oxygens (including phenoxy) is 3. The Morgan fingerprint density at radius 2 is 2.20 bits per heavy atom. The van der Waals surface area contributed by atoms with E-state index in [-0.39, 0.29) is 30.1 Å². The fourth-order valence-corrected chi connectivity index (χ4v) is 2.46. The number of hydrogen-bond acceptors (Lipinski definition) is 4. The molecule has 0 spiro atoms. The molecule has 1 aliphatic heterocycles. The second-order valence-corrected chi connectivity index (χ2v) is 5.83. The van der Waals surface area contributed by atoms with E-state index in [1.54, 1.807) is 7.11 Å². The Bertz CT molecular complexity index is 534. The molecule has 0 amide bonds. The number of halogens is 1. The summed E-state index contributed by atoms with van der Waals surface area (Å²) in [4.78, 5) is 4.65. The summed E-state index contributed by atoms with van der Waals surface area (Å²) in [6.45, 7) is 8.30. The van der Waals surface area contributed by atoms with Gasteiger partial charge in [0.15, 0.2) is 5.96 Å². The second-order valence-electron chi connectivity index (χ2n) is 5.83. The average Bonchev–Trinajstić information content (AvgIpc) is 3.07. The van der Waals surface area contributed by atoms with Gasteiger partial charge in [-0.1, -0.05) is 12.1 Å². The van der Waals surface area contributed by atoms with Crippen LogP contribution in [0.3, 0.4) is 0 Å². The van der Waals surface area contributed by atoms with Crippen LogP contribution in [0, 0.1) is 6.92 Å². The maximum absolute atomic E-state index is 6.12. The van der Waals surface area contributed by atoms with Crippen LogP contribution in [0.25, 0.3) is 0 Å². The van der Waals surface area contributed by atoms with Crippen LogP contribution in [0.1, 0.15) is 24.5 Å². The highest BCUT2D eigenvalue weighted by Gasteiger charge is 2.18. The number of methoxy groups -OCH3 is 1. The zero-order valence-corrected chi connectivity index (χ0v) is 17.7. The van der Waals surface area contributed by atoms with Crippen molar-refractivity contribution in [3.05, 3.63) is 29.3 Å². The number of nitrogens with zero attached hydrogens (tertiary/aromatic N) is 1. The summed E-state index contributed by atoms with van der Waals surface area (Å²) in [5.74, 6) is 1.69. The number of aryl methyl sites for hydroxylation is 1. The van der Waals surface area contributed by atoms with E-state index in [1.165, 1.54) is 5.56 Å². The molecule has 0 aliphatic carbocycles. The van der Waals surface area contributed by atoms with Gasteiger partial charge in [0.2, 0.25) is 0 Å². The molecule has 1 heterocycles. The zero-order chi connectivity index (χ0) is 17.2. The number of rotatable bonds is 8. The van der Waals surface area contributed by atoms with Crippen LogP contribution in [-0.2, 0) is 16.0 Å². The summed E-state index contributed by atoms with van der Waals surface area (Å²) in [5.41, 5.74) is 2.26. The Kier molecular flexibility index (Phi) is 10.8. The van der Waals surface area contributed by atoms with Crippen molar-refractivity contribution < 1.29 is 14.2 Å². The highest BCUT2D eigenvalue weighted by Crippen LogP contribution is 2.24. The largest absolute Gasteiger partial charge is 0.488 e. The summed E-state index contributed by atoms with van der Waals surface area (Å²) in [7, 11) is 1.69. The number of guanidine groups is 1. The third-order valence-electron chi connectivity index (χ3n) is 3.75. The third-order valence-corrected chi connectivity index (χ3v) is 3.75. The van der Waals surface area contributed by atoms with E-state index in [0.29, 0.717) is 19.8 Å². The molecule has 1 aromatic carbocycles. The van der Waals surface area contributed by atoms with Crippen LogP contribution in [0.15, 0.2) is 23.2 Å². The first-order chi connectivity index (χ1) is 11.7. The van der Waals surface area contributed by atoms with Gasteiger partial charge in [0, 0.05) is 32.2 Å². The molecule has 1 aliphatic rings. The molecule has 1 aromatic rings. The molecule has 0 saturated carbocycles. The van der Waals surface area contributed by atoms with E-state index in [4.69, 9.17) is 14.2 Å². The van der Waals surface area contributed by atoms with E-state index >= 15 is 0 Å². The van der Waals surface area contributed by atoms with Crippen molar-refractivity contribution in [3.8, 4) is 5.75 Å². The van der Waals surface area contributed by atoms with Crippen LogP contribution in [-0.4, -0.2) is 52.1 Å². The van der Waals surface area contributed by atoms with E-state index in [1.807, 2.05) is 6.92 Å². The van der Waals surface area contributed by atoms with Gasteiger partial charge in [0.25, 0.3) is 0 Å². The quantitative estimate of drug-likeness (QED) is 0.269. The Labute approximate surface area is 167 Å². The smallest absolute Gasteiger partial charge is 0.191 e. The normalized spacial score (nSPS) is 17.1. The molecule has 1 atom stereocenters. The lowest BCUT2D eigenvalue weighted by atomic mass is 10.1. The van der Waals surface area contributed by atoms with Gasteiger partial charge in [0.05, 0.1) is 26.4 Å². The third kappa shape index (κ3) is 7.79. The minimum absolute atomic E-state index is 0. The first-order valence-corrected chi connectivity index (χ1v) is 8.58. The standard InChI is InChI=1S/C18H29N3O3.HI/c1-4-19-18(20-8-10-22-3)21-12-15-6-5-14(2)11-17(15)24-16-7-9-23-13-16;/h5-6,11,16H,4,7-10,12-13H2,1-3H3,(H2,19,20,21);1H. The number of nitrogens with one attached hydrogen (secondary N) is 2. The van der Waals surface area contributed by atoms with Gasteiger partial charge in [-0.15, -0.1) is 24.0 Å². The summed E-state index contributed by atoms with van der Waals surface area (Å²) in [6, 6.07) is 6.26. The van der Waals surface area contributed by atoms with Crippen LogP contribution >= 0.6 is 24.0 Å². The van der Waals surface area contributed by atoms with E-state index in [9.17, 15) is 0 Å². The maximum Gasteiger partial charge on any atom is 0.191 e. The molecule has 1 unspecified atom stereocenters. The molecule has 0 bridgehead atoms. The van der Waals surface area contributed by atoms with Gasteiger partial charge in [-0.05, 0) is 25.5 Å². The minimum atomic E-state index is 0. The molecule has 142 valence electrons. The number of hydrogen-bond donors (Lipinski definition) is 2. The monoisotopic (exact) mass is 463 g/mol. The molecule has 25 heavy (non-hydrogen) atoms. The van der Waals surface area contributed by atoms with E-state index < -0.39 is 0 Å². The molecule has 2 N–H and O–H groups in total. The fourth-order valence-electron chi connectivity index (χ4n) is 2.46. The van der Waals surface area contributed by atoms with Crippen molar-refractivity contribution >= 4 is 29.9 Å². The maximum atomic E-state index is 6.12. The minimum Gasteiger partial charge on any atom is -0.488 e. The lowest BCUT2D eigenvalue weighted by Gasteiger charge is -2.16. The van der Waals surface area contributed by atoms with Crippen molar-refractivity contribution in [2.24, 2.45) is 4.99 Å². The highest BCUT2D eigenvalue weighted by atomic mass is 127. The van der Waals surface area contributed by atoms with Crippen molar-refractivity contribution in [2.45, 2.75) is 32.9 Å². The van der Waals surface area contributed by atoms with Crippen LogP contribution in [0.5, 0.6) is 5.75 Å². The molecule has 1 saturated heterocycles. The Hall–Kier alpha value is -1.06. The summed E-state index contributed by atoms with van der Waals surface area (Å²) < 4.78 is 16.6. The molecule has 6 nitrogen and oxygen atoms in total. The first-order valence-electron chi connectivity index (χ1n) is 8.58. The average molecular weight is 463 g/mol. The van der Waals surface area contributed by atoms with Crippen LogP contribution in [0.2, 0.25) is 0 Å². The summed E-state index contributed by atoms with van der Waals surface area (Å²) in [6.07, 6.45) is 1.08. The Morgan fingerprint density at radius 3 is 2.88 bits per heavy atom. The van der Waals surface area contributed by atoms with Gasteiger partial charge >= 0.3 is 0 Å². The molecular weight excluding hydrogens is 433 g/mol. The fraction of sp³-hybridized carbons (Fsp3) is 0.611. The van der Waals surface area contributed by atoms with Crippen molar-refractivity contribution in [1.29, 1.82) is 0 Å². The van der Waals surface area contributed by atoms with Crippen LogP contribution in [0.4, 0.5) is 0 Å². The van der Waals surface area contributed by atoms with Gasteiger partial charge in [-0.3, -0.25) is 0 Å². The molecule has 2 rings (SSSR count). The van der Waals surface area contributed by atoms with Crippen LogP contribution < -0.4 is 15.4 Å². The topological polar surface area (TPSA) is 64.1 Å². The Morgan fingerprint density at radius 1 is 1.36 bits per heavy atom. The van der Waals surface area contributed by atoms with E-state index in [2.05, 4.69) is 40.7 Å². The predicted molar refractivity (Wildman–Crippen MR) is 111 cm³/mol. The molecule has 0 radical (unpaired) electrons. The second kappa shape index (κ2) is 12.3. The van der Waals surface area contributed by atoms with Gasteiger partial charge in [0.1, 0.15) is 11.9 Å². The van der Waals surface area contributed by atoms with Crippen molar-refractivity contribution in [3.63, 3.8) is 0 Å². The van der Waals surface area contributed by atoms with Gasteiger partial charge in [-0.2, -0.15) is 0 Å². The SMILES string of the molecule is CCNC(=NCc1ccc(C)cc1OC1CCOC1)NCCOC.I. The highest BCUT2D eigenvalue weighted by molar-refractivity contribution is 14.0. The van der Waals surface area contributed by atoms with E-state index in [0.717, 1.165) is 43.4 Å².